The Bertz CT molecular complexity index is 570. The summed E-state index contributed by atoms with van der Waals surface area (Å²) in [5.41, 5.74) is 1.24. The maximum atomic E-state index is 14.0. The first kappa shape index (κ1) is 14.0. The zero-order valence-corrected chi connectivity index (χ0v) is 12.7. The standard InChI is InChI=1S/C13H11BrClFOS/c1-2-7-5-6-18-13(7)12(17)8-3-4-9(14)10(15)11(8)16/h3-6,12,17H,2H2,1H3. The van der Waals surface area contributed by atoms with Crippen molar-refractivity contribution in [1.82, 2.24) is 0 Å². The molecular formula is C13H11BrClFOS. The van der Waals surface area contributed by atoms with Gasteiger partial charge in [-0.15, -0.1) is 11.3 Å². The third kappa shape index (κ3) is 2.48. The minimum absolute atomic E-state index is 0.00107. The van der Waals surface area contributed by atoms with Crippen LogP contribution in [-0.2, 0) is 6.42 Å². The maximum Gasteiger partial charge on any atom is 0.149 e. The number of aliphatic hydroxyl groups is 1. The lowest BCUT2D eigenvalue weighted by atomic mass is 10.0. The Hall–Kier alpha value is -0.420. The van der Waals surface area contributed by atoms with Crippen molar-refractivity contribution in [3.8, 4) is 0 Å². The zero-order valence-electron chi connectivity index (χ0n) is 9.58. The lowest BCUT2D eigenvalue weighted by Gasteiger charge is -2.13. The number of halogens is 3. The Kier molecular flexibility index (Phi) is 4.43. The first-order valence-electron chi connectivity index (χ1n) is 5.44. The minimum Gasteiger partial charge on any atom is -0.383 e. The van der Waals surface area contributed by atoms with Crippen LogP contribution in [0.1, 0.15) is 29.0 Å². The van der Waals surface area contributed by atoms with Gasteiger partial charge in [0.2, 0.25) is 0 Å². The zero-order chi connectivity index (χ0) is 13.3. The molecule has 0 aliphatic rings. The summed E-state index contributed by atoms with van der Waals surface area (Å²) in [6, 6.07) is 5.14. The molecule has 18 heavy (non-hydrogen) atoms. The molecule has 0 saturated carbocycles. The third-order valence-corrected chi connectivity index (χ3v) is 5.04. The molecule has 1 nitrogen and oxygen atoms in total. The molecule has 0 aliphatic heterocycles. The van der Waals surface area contributed by atoms with Gasteiger partial charge in [0.05, 0.1) is 5.02 Å². The summed E-state index contributed by atoms with van der Waals surface area (Å²) in [4.78, 5) is 0.773. The van der Waals surface area contributed by atoms with Crippen LogP contribution >= 0.6 is 38.9 Å². The fraction of sp³-hybridized carbons (Fsp3) is 0.231. The number of hydrogen-bond donors (Lipinski definition) is 1. The predicted molar refractivity (Wildman–Crippen MR) is 76.9 cm³/mol. The summed E-state index contributed by atoms with van der Waals surface area (Å²) in [5.74, 6) is -0.575. The molecule has 0 spiro atoms. The fourth-order valence-electron chi connectivity index (χ4n) is 1.77. The summed E-state index contributed by atoms with van der Waals surface area (Å²) in [6.45, 7) is 2.00. The van der Waals surface area contributed by atoms with E-state index >= 15 is 0 Å². The largest absolute Gasteiger partial charge is 0.383 e. The summed E-state index contributed by atoms with van der Waals surface area (Å²) < 4.78 is 14.5. The molecule has 0 saturated heterocycles. The first-order valence-corrected chi connectivity index (χ1v) is 7.49. The van der Waals surface area contributed by atoms with Gasteiger partial charge in [-0.3, -0.25) is 0 Å². The Morgan fingerprint density at radius 3 is 2.83 bits per heavy atom. The SMILES string of the molecule is CCc1ccsc1C(O)c1ccc(Br)c(Cl)c1F. The second-order valence-electron chi connectivity index (χ2n) is 3.83. The highest BCUT2D eigenvalue weighted by Crippen LogP contribution is 2.35. The highest BCUT2D eigenvalue weighted by atomic mass is 79.9. The quantitative estimate of drug-likeness (QED) is 0.778. The van der Waals surface area contributed by atoms with Crippen molar-refractivity contribution in [1.29, 1.82) is 0 Å². The summed E-state index contributed by atoms with van der Waals surface area (Å²) in [6.07, 6.45) is -0.160. The van der Waals surface area contributed by atoms with Crippen LogP contribution in [0.25, 0.3) is 0 Å². The van der Waals surface area contributed by atoms with Gasteiger partial charge < -0.3 is 5.11 Å². The highest BCUT2D eigenvalue weighted by Gasteiger charge is 2.21. The average molecular weight is 350 g/mol. The first-order chi connectivity index (χ1) is 8.56. The molecule has 2 aromatic rings. The van der Waals surface area contributed by atoms with Crippen LogP contribution in [0, 0.1) is 5.82 Å². The van der Waals surface area contributed by atoms with E-state index in [-0.39, 0.29) is 10.6 Å². The van der Waals surface area contributed by atoms with Crippen molar-refractivity contribution in [2.75, 3.05) is 0 Å². The predicted octanol–water partition coefficient (Wildman–Crippen LogP) is 4.95. The van der Waals surface area contributed by atoms with E-state index in [0.29, 0.717) is 4.47 Å². The topological polar surface area (TPSA) is 20.2 Å². The number of hydrogen-bond acceptors (Lipinski definition) is 2. The van der Waals surface area contributed by atoms with Gasteiger partial charge in [0.25, 0.3) is 0 Å². The minimum atomic E-state index is -0.967. The van der Waals surface area contributed by atoms with Crippen molar-refractivity contribution in [3.05, 3.63) is 54.9 Å². The van der Waals surface area contributed by atoms with E-state index in [4.69, 9.17) is 11.6 Å². The highest BCUT2D eigenvalue weighted by molar-refractivity contribution is 9.10. The van der Waals surface area contributed by atoms with Crippen LogP contribution in [0.3, 0.4) is 0 Å². The van der Waals surface area contributed by atoms with Crippen molar-refractivity contribution in [2.45, 2.75) is 19.4 Å². The molecule has 1 unspecified atom stereocenters. The molecule has 0 amide bonds. The van der Waals surface area contributed by atoms with Gasteiger partial charge in [-0.2, -0.15) is 0 Å². The molecule has 1 aromatic heterocycles. The van der Waals surface area contributed by atoms with Crippen molar-refractivity contribution in [2.24, 2.45) is 0 Å². The van der Waals surface area contributed by atoms with E-state index in [1.54, 1.807) is 12.1 Å². The third-order valence-electron chi connectivity index (χ3n) is 2.77. The van der Waals surface area contributed by atoms with E-state index in [1.165, 1.54) is 11.3 Å². The second kappa shape index (κ2) is 5.70. The molecule has 2 rings (SSSR count). The number of aryl methyl sites for hydroxylation is 1. The molecule has 0 aliphatic carbocycles. The van der Waals surface area contributed by atoms with Crippen LogP contribution in [0.2, 0.25) is 5.02 Å². The van der Waals surface area contributed by atoms with Crippen LogP contribution in [-0.4, -0.2) is 5.11 Å². The normalized spacial score (nSPS) is 12.7. The fourth-order valence-corrected chi connectivity index (χ4v) is 3.25. The van der Waals surface area contributed by atoms with Crippen molar-refractivity contribution in [3.63, 3.8) is 0 Å². The monoisotopic (exact) mass is 348 g/mol. The van der Waals surface area contributed by atoms with Crippen molar-refractivity contribution >= 4 is 38.9 Å². The smallest absolute Gasteiger partial charge is 0.149 e. The average Bonchev–Trinajstić information content (AvgIpc) is 2.83. The molecule has 1 heterocycles. The molecule has 5 heteroatoms. The summed E-state index contributed by atoms with van der Waals surface area (Å²) in [5, 5.41) is 12.2. The van der Waals surface area contributed by atoms with Crippen LogP contribution < -0.4 is 0 Å². The number of aliphatic hydroxyl groups excluding tert-OH is 1. The lowest BCUT2D eigenvalue weighted by Crippen LogP contribution is -2.03. The van der Waals surface area contributed by atoms with Gasteiger partial charge in [-0.1, -0.05) is 24.6 Å². The second-order valence-corrected chi connectivity index (χ2v) is 6.01. The van der Waals surface area contributed by atoms with E-state index in [9.17, 15) is 9.50 Å². The van der Waals surface area contributed by atoms with Gasteiger partial charge in [-0.05, 0) is 45.4 Å². The molecule has 0 fully saturated rings. The van der Waals surface area contributed by atoms with E-state index in [1.807, 2.05) is 18.4 Å². The van der Waals surface area contributed by atoms with Gasteiger partial charge >= 0.3 is 0 Å². The van der Waals surface area contributed by atoms with Crippen LogP contribution in [0.5, 0.6) is 0 Å². The summed E-state index contributed by atoms with van der Waals surface area (Å²) >= 11 is 10.4. The van der Waals surface area contributed by atoms with Gasteiger partial charge in [-0.25, -0.2) is 4.39 Å². The van der Waals surface area contributed by atoms with Gasteiger partial charge in [0.15, 0.2) is 0 Å². The molecular weight excluding hydrogens is 339 g/mol. The Balaban J connectivity index is 2.46. The van der Waals surface area contributed by atoms with E-state index in [0.717, 1.165) is 16.9 Å². The molecule has 96 valence electrons. The number of rotatable bonds is 3. The summed E-state index contributed by atoms with van der Waals surface area (Å²) in [7, 11) is 0. The number of benzene rings is 1. The number of thiophene rings is 1. The van der Waals surface area contributed by atoms with Crippen LogP contribution in [0.4, 0.5) is 4.39 Å². The molecule has 1 atom stereocenters. The van der Waals surface area contributed by atoms with Crippen molar-refractivity contribution < 1.29 is 9.50 Å². The molecule has 0 bridgehead atoms. The molecule has 1 aromatic carbocycles. The van der Waals surface area contributed by atoms with Gasteiger partial charge in [0, 0.05) is 14.9 Å². The van der Waals surface area contributed by atoms with E-state index in [2.05, 4.69) is 15.9 Å². The van der Waals surface area contributed by atoms with E-state index < -0.39 is 11.9 Å². The molecule has 1 N–H and O–H groups in total. The maximum absolute atomic E-state index is 14.0. The van der Waals surface area contributed by atoms with Crippen LogP contribution in [0.15, 0.2) is 28.1 Å². The Morgan fingerprint density at radius 2 is 2.17 bits per heavy atom. The van der Waals surface area contributed by atoms with Gasteiger partial charge in [0.1, 0.15) is 11.9 Å². The Morgan fingerprint density at radius 1 is 1.44 bits per heavy atom. The Labute approximate surface area is 122 Å². The molecule has 0 radical (unpaired) electrons. The lowest BCUT2D eigenvalue weighted by molar-refractivity contribution is 0.218.